The van der Waals surface area contributed by atoms with Crippen LogP contribution >= 0.6 is 12.2 Å². The van der Waals surface area contributed by atoms with Crippen molar-refractivity contribution in [2.45, 2.75) is 40.2 Å². The van der Waals surface area contributed by atoms with Crippen LogP contribution in [0.25, 0.3) is 0 Å². The summed E-state index contributed by atoms with van der Waals surface area (Å²) in [5.74, 6) is 0.379. The molecule has 1 heterocycles. The van der Waals surface area contributed by atoms with Gasteiger partial charge in [0.2, 0.25) is 0 Å². The molecule has 0 spiro atoms. The van der Waals surface area contributed by atoms with Crippen LogP contribution in [0.1, 0.15) is 33.6 Å². The summed E-state index contributed by atoms with van der Waals surface area (Å²) in [4.78, 5) is 28.4. The Morgan fingerprint density at radius 1 is 1.50 bits per heavy atom. The summed E-state index contributed by atoms with van der Waals surface area (Å²) in [6.45, 7) is 11.1. The van der Waals surface area contributed by atoms with Crippen molar-refractivity contribution in [1.29, 1.82) is 0 Å². The van der Waals surface area contributed by atoms with Crippen molar-refractivity contribution in [1.82, 2.24) is 14.9 Å². The van der Waals surface area contributed by atoms with Crippen LogP contribution in [0.2, 0.25) is 0 Å². The molecule has 0 aliphatic rings. The molecule has 0 aliphatic heterocycles. The Kier molecular flexibility index (Phi) is 7.70. The van der Waals surface area contributed by atoms with E-state index in [-0.39, 0.29) is 17.4 Å². The number of unbranched alkanes of at least 4 members (excludes halogenated alkanes) is 1. The molecule has 0 bridgehead atoms. The van der Waals surface area contributed by atoms with Crippen LogP contribution in [-0.4, -0.2) is 27.8 Å². The van der Waals surface area contributed by atoms with Crippen LogP contribution in [-0.2, 0) is 6.54 Å². The lowest BCUT2D eigenvalue weighted by Gasteiger charge is -2.28. The minimum Gasteiger partial charge on any atom is -0.383 e. The third-order valence-corrected chi connectivity index (χ3v) is 3.77. The first-order valence-corrected chi connectivity index (χ1v) is 8.53. The average molecular weight is 353 g/mol. The summed E-state index contributed by atoms with van der Waals surface area (Å²) < 4.78 is 1.39. The minimum atomic E-state index is -0.534. The van der Waals surface area contributed by atoms with E-state index in [1.54, 1.807) is 11.0 Å². The summed E-state index contributed by atoms with van der Waals surface area (Å²) >= 11 is 5.40. The number of H-pyrrole nitrogens is 1. The number of aromatic nitrogens is 2. The van der Waals surface area contributed by atoms with Gasteiger partial charge in [0, 0.05) is 19.6 Å². The van der Waals surface area contributed by atoms with Gasteiger partial charge in [-0.05, 0) is 24.6 Å². The number of rotatable bonds is 8. The van der Waals surface area contributed by atoms with Crippen molar-refractivity contribution in [3.8, 4) is 0 Å². The summed E-state index contributed by atoms with van der Waals surface area (Å²) in [6, 6.07) is 0. The van der Waals surface area contributed by atoms with E-state index in [4.69, 9.17) is 18.0 Å². The van der Waals surface area contributed by atoms with Gasteiger partial charge in [-0.1, -0.05) is 33.3 Å². The monoisotopic (exact) mass is 353 g/mol. The highest BCUT2D eigenvalue weighted by Crippen LogP contribution is 2.18. The Labute approximate surface area is 147 Å². The fourth-order valence-corrected chi connectivity index (χ4v) is 2.52. The molecule has 0 amide bonds. The van der Waals surface area contributed by atoms with Crippen molar-refractivity contribution >= 4 is 28.8 Å². The predicted molar refractivity (Wildman–Crippen MR) is 104 cm³/mol. The number of nitrogen functional groups attached to an aromatic ring is 1. The third kappa shape index (κ3) is 4.95. The molecule has 1 aromatic heterocycles. The number of nitrogens with zero attached hydrogens (tertiary/aromatic N) is 2. The zero-order valence-electron chi connectivity index (χ0n) is 14.6. The Balaban J connectivity index is 3.40. The van der Waals surface area contributed by atoms with E-state index in [0.29, 0.717) is 24.7 Å². The average Bonchev–Trinajstić information content (AvgIpc) is 2.50. The van der Waals surface area contributed by atoms with Crippen LogP contribution in [0.4, 0.5) is 11.5 Å². The van der Waals surface area contributed by atoms with E-state index < -0.39 is 11.2 Å². The second-order valence-corrected chi connectivity index (χ2v) is 6.36. The highest BCUT2D eigenvalue weighted by atomic mass is 32.1. The van der Waals surface area contributed by atoms with Gasteiger partial charge in [0.1, 0.15) is 5.82 Å². The molecule has 1 aromatic rings. The lowest BCUT2D eigenvalue weighted by molar-refractivity contribution is 0.601. The molecule has 0 radical (unpaired) electrons. The maximum absolute atomic E-state index is 12.4. The second kappa shape index (κ2) is 9.27. The van der Waals surface area contributed by atoms with Gasteiger partial charge in [-0.25, -0.2) is 4.79 Å². The number of hydrogen-bond acceptors (Lipinski definition) is 4. The van der Waals surface area contributed by atoms with Crippen molar-refractivity contribution in [3.05, 3.63) is 33.5 Å². The lowest BCUT2D eigenvalue weighted by atomic mass is 10.2. The molecule has 24 heavy (non-hydrogen) atoms. The SMILES string of the molecule is C=CCNC(=S)N(CC(C)C)c1c(N)n(CCCC)c(=O)[nH]c1=O. The maximum Gasteiger partial charge on any atom is 0.330 e. The van der Waals surface area contributed by atoms with Crippen LogP contribution in [0, 0.1) is 5.92 Å². The van der Waals surface area contributed by atoms with Gasteiger partial charge >= 0.3 is 5.69 Å². The summed E-state index contributed by atoms with van der Waals surface area (Å²) in [7, 11) is 0. The fourth-order valence-electron chi connectivity index (χ4n) is 2.27. The Morgan fingerprint density at radius 3 is 2.71 bits per heavy atom. The van der Waals surface area contributed by atoms with E-state index in [1.165, 1.54) is 4.57 Å². The van der Waals surface area contributed by atoms with Gasteiger partial charge in [-0.2, -0.15) is 0 Å². The topological polar surface area (TPSA) is 96.2 Å². The first kappa shape index (κ1) is 20.0. The van der Waals surface area contributed by atoms with Crippen LogP contribution in [0.15, 0.2) is 22.2 Å². The van der Waals surface area contributed by atoms with Gasteiger partial charge in [0.25, 0.3) is 5.56 Å². The predicted octanol–water partition coefficient (Wildman–Crippen LogP) is 1.44. The van der Waals surface area contributed by atoms with Crippen molar-refractivity contribution in [2.75, 3.05) is 23.7 Å². The number of nitrogens with two attached hydrogens (primary N) is 1. The largest absolute Gasteiger partial charge is 0.383 e. The van der Waals surface area contributed by atoms with Gasteiger partial charge in [-0.3, -0.25) is 14.3 Å². The second-order valence-electron chi connectivity index (χ2n) is 5.98. The van der Waals surface area contributed by atoms with Gasteiger partial charge in [-0.15, -0.1) is 6.58 Å². The molecule has 0 atom stereocenters. The third-order valence-electron chi connectivity index (χ3n) is 3.41. The lowest BCUT2D eigenvalue weighted by Crippen LogP contribution is -2.46. The molecule has 7 nitrogen and oxygen atoms in total. The summed E-state index contributed by atoms with van der Waals surface area (Å²) in [5, 5.41) is 3.39. The summed E-state index contributed by atoms with van der Waals surface area (Å²) in [5.41, 5.74) is 5.34. The highest BCUT2D eigenvalue weighted by Gasteiger charge is 2.22. The van der Waals surface area contributed by atoms with E-state index in [0.717, 1.165) is 12.8 Å². The van der Waals surface area contributed by atoms with Crippen molar-refractivity contribution in [3.63, 3.8) is 0 Å². The first-order chi connectivity index (χ1) is 11.3. The quantitative estimate of drug-likeness (QED) is 0.483. The molecule has 8 heteroatoms. The number of nitrogens with one attached hydrogen (secondary N) is 2. The van der Waals surface area contributed by atoms with Crippen LogP contribution in [0.3, 0.4) is 0 Å². The smallest absolute Gasteiger partial charge is 0.330 e. The van der Waals surface area contributed by atoms with Crippen LogP contribution in [0.5, 0.6) is 0 Å². The molecule has 0 saturated carbocycles. The molecule has 0 saturated heterocycles. The Bertz CT molecular complexity index is 693. The zero-order valence-corrected chi connectivity index (χ0v) is 15.4. The number of anilines is 2. The number of hydrogen-bond donors (Lipinski definition) is 3. The molecular weight excluding hydrogens is 326 g/mol. The summed E-state index contributed by atoms with van der Waals surface area (Å²) in [6.07, 6.45) is 3.38. The molecule has 4 N–H and O–H groups in total. The highest BCUT2D eigenvalue weighted by molar-refractivity contribution is 7.80. The van der Waals surface area contributed by atoms with Gasteiger partial charge in [0.05, 0.1) is 0 Å². The number of thiocarbonyl (C=S) groups is 1. The molecule has 0 unspecified atom stereocenters. The van der Waals surface area contributed by atoms with Crippen molar-refractivity contribution < 1.29 is 0 Å². The van der Waals surface area contributed by atoms with E-state index in [1.807, 2.05) is 20.8 Å². The van der Waals surface area contributed by atoms with Crippen LogP contribution < -0.4 is 27.2 Å². The first-order valence-electron chi connectivity index (χ1n) is 8.12. The standard InChI is InChI=1S/C16H27N5O2S/c1-5-7-9-20-13(17)12(14(22)19-15(20)23)21(10-11(3)4)16(24)18-8-6-2/h6,11H,2,5,7-10,17H2,1,3-4H3,(H,18,24)(H,19,22,23). The molecular formula is C16H27N5O2S. The molecule has 0 aromatic carbocycles. The Morgan fingerprint density at radius 2 is 2.17 bits per heavy atom. The van der Waals surface area contributed by atoms with E-state index >= 15 is 0 Å². The number of aromatic amines is 1. The van der Waals surface area contributed by atoms with Crippen molar-refractivity contribution in [2.24, 2.45) is 5.92 Å². The molecule has 134 valence electrons. The minimum absolute atomic E-state index is 0.139. The zero-order chi connectivity index (χ0) is 18.3. The van der Waals surface area contributed by atoms with Gasteiger partial charge in [0.15, 0.2) is 10.8 Å². The van der Waals surface area contributed by atoms with E-state index in [2.05, 4.69) is 16.9 Å². The normalized spacial score (nSPS) is 10.7. The fraction of sp³-hybridized carbons (Fsp3) is 0.562. The van der Waals surface area contributed by atoms with E-state index in [9.17, 15) is 9.59 Å². The Hall–Kier alpha value is -2.09. The maximum atomic E-state index is 12.4. The molecule has 0 aliphatic carbocycles. The molecule has 0 fully saturated rings. The van der Waals surface area contributed by atoms with Gasteiger partial charge < -0.3 is 16.0 Å². The molecule has 1 rings (SSSR count).